The smallest absolute Gasteiger partial charge is 0.333 e. The van der Waals surface area contributed by atoms with E-state index in [2.05, 4.69) is 274 Å². The molecule has 2 aliphatic heterocycles. The average molecular weight is 982 g/mol. The van der Waals surface area contributed by atoms with Crippen LogP contribution in [0.1, 0.15) is 81.2 Å². The van der Waals surface area contributed by atoms with Crippen molar-refractivity contribution < 1.29 is 0 Å². The number of fused-ring (bicyclic) bond motifs is 8. The maximum atomic E-state index is 2.67. The third kappa shape index (κ3) is 7.97. The molecule has 4 heteroatoms. The number of rotatable bonds is 13. The van der Waals surface area contributed by atoms with Crippen LogP contribution in [0.15, 0.2) is 224 Å². The second kappa shape index (κ2) is 19.4. The van der Waals surface area contributed by atoms with Crippen LogP contribution in [0.25, 0.3) is 44.5 Å². The topological polar surface area (TPSA) is 9.72 Å². The monoisotopic (exact) mass is 982 g/mol. The number of benzene rings is 10. The van der Waals surface area contributed by atoms with Gasteiger partial charge in [-0.3, -0.25) is 0 Å². The largest absolute Gasteiger partial charge is 0.376 e. The van der Waals surface area contributed by atoms with Crippen molar-refractivity contribution in [2.45, 2.75) is 78.6 Å². The van der Waals surface area contributed by atoms with Gasteiger partial charge in [-0.1, -0.05) is 186 Å². The van der Waals surface area contributed by atoms with E-state index in [-0.39, 0.29) is 12.3 Å². The summed E-state index contributed by atoms with van der Waals surface area (Å²) in [6.45, 7) is 11.5. The Morgan fingerprint density at radius 2 is 1.00 bits per heavy atom. The molecule has 0 aromatic heterocycles. The van der Waals surface area contributed by atoms with Gasteiger partial charge in [-0.25, -0.2) is 0 Å². The van der Waals surface area contributed by atoms with Crippen molar-refractivity contribution >= 4 is 63.3 Å². The first kappa shape index (κ1) is 47.4. The fourth-order valence-electron chi connectivity index (χ4n) is 12.8. The molecule has 10 aromatic carbocycles. The summed E-state index contributed by atoms with van der Waals surface area (Å²) in [6.07, 6.45) is 6.89. The lowest BCUT2D eigenvalue weighted by molar-refractivity contribution is 0.660. The third-order valence-electron chi connectivity index (χ3n) is 16.7. The fourth-order valence-corrected chi connectivity index (χ4v) is 12.8. The molecule has 0 saturated carbocycles. The Hall–Kier alpha value is -8.34. The Labute approximate surface area is 450 Å². The highest BCUT2D eigenvalue weighted by Gasteiger charge is 2.49. The first-order valence-corrected chi connectivity index (χ1v) is 27.7. The molecule has 0 atom stereocenters. The quantitative estimate of drug-likeness (QED) is 0.107. The predicted octanol–water partition coefficient (Wildman–Crippen LogP) is 18.5. The first-order chi connectivity index (χ1) is 37.3. The molecule has 10 aromatic rings. The van der Waals surface area contributed by atoms with Crippen LogP contribution in [0.4, 0.5) is 45.5 Å². The number of nitrogens with zero attached hydrogens (tertiary/aromatic N) is 3. The van der Waals surface area contributed by atoms with Crippen molar-refractivity contribution in [3.63, 3.8) is 0 Å². The van der Waals surface area contributed by atoms with Crippen LogP contribution in [0.5, 0.6) is 0 Å². The van der Waals surface area contributed by atoms with Crippen molar-refractivity contribution in [1.29, 1.82) is 0 Å². The van der Waals surface area contributed by atoms with Crippen LogP contribution in [-0.2, 0) is 18.3 Å². The zero-order valence-corrected chi connectivity index (χ0v) is 44.5. The van der Waals surface area contributed by atoms with E-state index in [1.165, 1.54) is 132 Å². The molecule has 0 saturated heterocycles. The lowest BCUT2D eigenvalue weighted by Crippen LogP contribution is -2.62. The van der Waals surface area contributed by atoms with Crippen molar-refractivity contribution in [2.24, 2.45) is 0 Å². The molecule has 0 bridgehead atoms. The third-order valence-corrected chi connectivity index (χ3v) is 16.7. The van der Waals surface area contributed by atoms with Crippen LogP contribution >= 0.6 is 0 Å². The standard InChI is InChI=1S/C72H64BN3/c1-6-8-21-50-33-38-56(39-34-50)74(57-40-35-51(36-41-57)22-9-7-2)58-42-44-67-64(47-58)73-71-68(75(67)65-43-37-55(45-49(65)3)53-25-14-11-15-26-53)48-63-69(60-29-16-18-31-62(60)72(63,4)5)70(71)61-30-17-19-32-66(61)76(73)59-28-20-27-54(46-59)52-23-12-10-13-24-52/h10-20,23-48H,6-9,21-22H2,1-5H3. The summed E-state index contributed by atoms with van der Waals surface area (Å²) in [5.41, 5.74) is 28.6. The fraction of sp³-hybridized carbons (Fsp3) is 0.167. The van der Waals surface area contributed by atoms with Crippen LogP contribution < -0.4 is 25.5 Å². The molecule has 0 N–H and O–H groups in total. The number of anilines is 8. The number of aryl methyl sites for hydroxylation is 3. The maximum Gasteiger partial charge on any atom is 0.333 e. The van der Waals surface area contributed by atoms with Gasteiger partial charge in [0.05, 0.1) is 0 Å². The van der Waals surface area contributed by atoms with Crippen LogP contribution in [-0.4, -0.2) is 6.85 Å². The van der Waals surface area contributed by atoms with Gasteiger partial charge >= 0.3 is 6.85 Å². The summed E-state index contributed by atoms with van der Waals surface area (Å²) in [6, 6.07) is 85.1. The summed E-state index contributed by atoms with van der Waals surface area (Å²) in [5.74, 6) is 0. The van der Waals surface area contributed by atoms with E-state index >= 15 is 0 Å². The molecule has 2 heterocycles. The Morgan fingerprint density at radius 3 is 1.64 bits per heavy atom. The molecule has 0 spiro atoms. The number of para-hydroxylation sites is 1. The molecular weight excluding hydrogens is 918 g/mol. The van der Waals surface area contributed by atoms with Gasteiger partial charge in [0.25, 0.3) is 0 Å². The first-order valence-electron chi connectivity index (χ1n) is 27.7. The highest BCUT2D eigenvalue weighted by atomic mass is 15.2. The van der Waals surface area contributed by atoms with Gasteiger partial charge in [0.1, 0.15) is 0 Å². The van der Waals surface area contributed by atoms with E-state index in [1.807, 2.05) is 0 Å². The minimum Gasteiger partial charge on any atom is -0.376 e. The van der Waals surface area contributed by atoms with E-state index in [1.54, 1.807) is 0 Å². The second-order valence-corrected chi connectivity index (χ2v) is 21.8. The Kier molecular flexibility index (Phi) is 12.1. The summed E-state index contributed by atoms with van der Waals surface area (Å²) < 4.78 is 0. The van der Waals surface area contributed by atoms with E-state index in [0.29, 0.717) is 0 Å². The molecule has 0 radical (unpaired) electrons. The predicted molar refractivity (Wildman–Crippen MR) is 325 cm³/mol. The van der Waals surface area contributed by atoms with Gasteiger partial charge in [0.2, 0.25) is 0 Å². The summed E-state index contributed by atoms with van der Waals surface area (Å²) >= 11 is 0. The minimum atomic E-state index is -0.232. The zero-order valence-electron chi connectivity index (χ0n) is 44.5. The lowest BCUT2D eigenvalue weighted by atomic mass is 9.43. The highest BCUT2D eigenvalue weighted by Crippen LogP contribution is 2.58. The van der Waals surface area contributed by atoms with E-state index in [4.69, 9.17) is 0 Å². The highest BCUT2D eigenvalue weighted by molar-refractivity contribution is 6.94. The van der Waals surface area contributed by atoms with Crippen molar-refractivity contribution in [3.05, 3.63) is 252 Å². The van der Waals surface area contributed by atoms with Gasteiger partial charge in [0.15, 0.2) is 0 Å². The van der Waals surface area contributed by atoms with Crippen molar-refractivity contribution in [1.82, 2.24) is 0 Å². The van der Waals surface area contributed by atoms with Gasteiger partial charge in [0, 0.05) is 56.5 Å². The molecule has 0 amide bonds. The molecule has 0 fully saturated rings. The molecule has 3 nitrogen and oxygen atoms in total. The molecule has 76 heavy (non-hydrogen) atoms. The van der Waals surface area contributed by atoms with Gasteiger partial charge < -0.3 is 14.6 Å². The van der Waals surface area contributed by atoms with E-state index in [0.717, 1.165) is 35.6 Å². The maximum absolute atomic E-state index is 2.67. The Balaban J connectivity index is 1.11. The number of unbranched alkanes of at least 4 members (excludes halogenated alkanes) is 2. The van der Waals surface area contributed by atoms with Gasteiger partial charge in [-0.05, 0) is 189 Å². The molecular formula is C72H64BN3. The molecule has 13 rings (SSSR count). The molecule has 3 aliphatic rings. The number of hydrogen-bond acceptors (Lipinski definition) is 3. The van der Waals surface area contributed by atoms with Gasteiger partial charge in [-0.2, -0.15) is 0 Å². The van der Waals surface area contributed by atoms with Crippen molar-refractivity contribution in [3.8, 4) is 44.5 Å². The lowest BCUT2D eigenvalue weighted by Gasteiger charge is -2.47. The van der Waals surface area contributed by atoms with Crippen LogP contribution in [0.2, 0.25) is 0 Å². The summed E-state index contributed by atoms with van der Waals surface area (Å²) in [5, 5.41) is 0. The van der Waals surface area contributed by atoms with E-state index in [9.17, 15) is 0 Å². The van der Waals surface area contributed by atoms with Crippen LogP contribution in [0, 0.1) is 6.92 Å². The zero-order chi connectivity index (χ0) is 51.5. The number of hydrogen-bond donors (Lipinski definition) is 0. The minimum absolute atomic E-state index is 0.197. The summed E-state index contributed by atoms with van der Waals surface area (Å²) in [4.78, 5) is 7.79. The summed E-state index contributed by atoms with van der Waals surface area (Å²) in [7, 11) is 0. The molecule has 370 valence electrons. The normalized spacial score (nSPS) is 13.4. The van der Waals surface area contributed by atoms with E-state index < -0.39 is 0 Å². The molecule has 1 aliphatic carbocycles. The molecule has 0 unspecified atom stereocenters. The average Bonchev–Trinajstić information content (AvgIpc) is 3.75. The SMILES string of the molecule is CCCCc1ccc(N(c2ccc(CCCC)cc2)c2ccc3c(c2)B2c4c(cc5c(c4-c4ccccc4N2c2cccc(-c4ccccc4)c2)-c2ccccc2C5(C)C)N3c2ccc(-c3ccccc3)cc2C)cc1. The van der Waals surface area contributed by atoms with Gasteiger partial charge in [-0.15, -0.1) is 0 Å². The Morgan fingerprint density at radius 1 is 0.434 bits per heavy atom. The Bertz CT molecular complexity index is 3730. The van der Waals surface area contributed by atoms with Crippen molar-refractivity contribution in [2.75, 3.05) is 14.6 Å². The second-order valence-electron chi connectivity index (χ2n) is 21.8. The van der Waals surface area contributed by atoms with Crippen LogP contribution in [0.3, 0.4) is 0 Å².